The quantitative estimate of drug-likeness (QED) is 0.616. The number of H-pyrrole nitrogens is 1. The largest absolute Gasteiger partial charge is 0.345 e. The van der Waals surface area contributed by atoms with Gasteiger partial charge in [-0.15, -0.1) is 0 Å². The summed E-state index contributed by atoms with van der Waals surface area (Å²) in [6.45, 7) is 2.62. The molecule has 36 heavy (non-hydrogen) atoms. The van der Waals surface area contributed by atoms with E-state index in [1.807, 2.05) is 6.07 Å². The highest BCUT2D eigenvalue weighted by molar-refractivity contribution is 6.28. The maximum Gasteiger partial charge on any atom is 0.273 e. The molecule has 2 aromatic rings. The molecule has 0 radical (unpaired) electrons. The van der Waals surface area contributed by atoms with Crippen LogP contribution in [0.1, 0.15) is 74.1 Å². The Morgan fingerprint density at radius 3 is 2.69 bits per heavy atom. The number of fused-ring (bicyclic) bond motifs is 2. The number of carbonyl (C=O) groups is 1. The molecule has 4 atom stereocenters. The molecule has 1 saturated carbocycles. The smallest absolute Gasteiger partial charge is 0.273 e. The lowest BCUT2D eigenvalue weighted by Gasteiger charge is -2.47. The fourth-order valence-corrected chi connectivity index (χ4v) is 8.26. The molecule has 1 amide bonds. The topological polar surface area (TPSA) is 51.1 Å². The summed E-state index contributed by atoms with van der Waals surface area (Å²) in [5.74, 6) is 1.20. The van der Waals surface area contributed by atoms with Crippen molar-refractivity contribution in [1.82, 2.24) is 4.90 Å². The standard InChI is InChI=1S/C30H37ClFN3O/c31-28-13-12-24-26(34-28)7-4-15-30(24)19-33-18-25(30)29(36)35-16-14-22(20-5-2-1-3-6-20)17-27(35)21-8-10-23(32)11-9-21/h1-3,5-6,12-13,21-23,25,27,33H,4,7-11,14-19H2/p+2/t21?,22?,23?,25?,27-,30-/m0/s1. The van der Waals surface area contributed by atoms with Crippen molar-refractivity contribution < 1.29 is 19.5 Å². The first-order valence-electron chi connectivity index (χ1n) is 14.1. The Balaban J connectivity index is 1.30. The van der Waals surface area contributed by atoms with Gasteiger partial charge in [0.2, 0.25) is 5.91 Å². The molecule has 3 N–H and O–H groups in total. The van der Waals surface area contributed by atoms with E-state index < -0.39 is 6.17 Å². The summed E-state index contributed by atoms with van der Waals surface area (Å²) in [4.78, 5) is 20.2. The molecule has 6 rings (SSSR count). The van der Waals surface area contributed by atoms with Gasteiger partial charge in [0.1, 0.15) is 12.1 Å². The van der Waals surface area contributed by atoms with E-state index in [9.17, 15) is 9.18 Å². The van der Waals surface area contributed by atoms with E-state index in [0.717, 1.165) is 64.6 Å². The summed E-state index contributed by atoms with van der Waals surface area (Å²) < 4.78 is 14.1. The summed E-state index contributed by atoms with van der Waals surface area (Å²) in [7, 11) is 0. The third-order valence-electron chi connectivity index (χ3n) is 9.90. The number of aromatic nitrogens is 1. The van der Waals surface area contributed by atoms with Crippen LogP contribution in [0.5, 0.6) is 0 Å². The molecule has 3 heterocycles. The van der Waals surface area contributed by atoms with E-state index in [2.05, 4.69) is 51.6 Å². The van der Waals surface area contributed by atoms with Crippen LogP contribution < -0.4 is 10.3 Å². The summed E-state index contributed by atoms with van der Waals surface area (Å²) in [5.41, 5.74) is 3.78. The van der Waals surface area contributed by atoms with E-state index in [0.29, 0.717) is 35.7 Å². The molecule has 2 aliphatic carbocycles. The molecule has 192 valence electrons. The number of quaternary nitrogens is 1. The van der Waals surface area contributed by atoms with Crippen molar-refractivity contribution >= 4 is 17.5 Å². The van der Waals surface area contributed by atoms with Crippen molar-refractivity contribution in [2.75, 3.05) is 19.6 Å². The second kappa shape index (κ2) is 10.1. The number of hydrogen-bond donors (Lipinski definition) is 1. The second-order valence-electron chi connectivity index (χ2n) is 11.7. The number of hydrogen-bond acceptors (Lipinski definition) is 1. The minimum Gasteiger partial charge on any atom is -0.345 e. The molecule has 1 aromatic heterocycles. The number of halogens is 2. The number of piperidine rings is 1. The highest BCUT2D eigenvalue weighted by Crippen LogP contribution is 2.46. The zero-order chi connectivity index (χ0) is 24.7. The minimum atomic E-state index is -0.673. The normalized spacial score (nSPS) is 34.5. The Morgan fingerprint density at radius 1 is 1.08 bits per heavy atom. The molecule has 3 fully saturated rings. The Hall–Kier alpha value is -1.98. The number of nitrogens with one attached hydrogen (secondary N) is 1. The number of benzene rings is 1. The first-order valence-corrected chi connectivity index (χ1v) is 14.5. The highest BCUT2D eigenvalue weighted by Gasteiger charge is 2.56. The van der Waals surface area contributed by atoms with Crippen molar-refractivity contribution in [1.29, 1.82) is 0 Å². The number of rotatable bonds is 3. The van der Waals surface area contributed by atoms with Gasteiger partial charge in [0.05, 0.1) is 18.5 Å². The molecule has 4 nitrogen and oxygen atoms in total. The predicted molar refractivity (Wildman–Crippen MR) is 139 cm³/mol. The number of amides is 1. The van der Waals surface area contributed by atoms with Crippen LogP contribution in [0.25, 0.3) is 0 Å². The average Bonchev–Trinajstić information content (AvgIpc) is 3.32. The molecule has 0 bridgehead atoms. The average molecular weight is 512 g/mol. The third-order valence-corrected chi connectivity index (χ3v) is 10.1. The first kappa shape index (κ1) is 24.4. The molecule has 2 aliphatic heterocycles. The zero-order valence-electron chi connectivity index (χ0n) is 21.1. The summed E-state index contributed by atoms with van der Waals surface area (Å²) in [5, 5.41) is 3.02. The van der Waals surface area contributed by atoms with Crippen molar-refractivity contribution in [2.24, 2.45) is 11.8 Å². The number of alkyl halides is 1. The van der Waals surface area contributed by atoms with Gasteiger partial charge in [-0.05, 0) is 86.4 Å². The SMILES string of the molecule is O=C(C1C[NH2+]C[C@]12CCCc1[nH+]c(Cl)ccc12)N1CCC(c2ccccc2)C[C@H]1C1CCC(F)CC1. The van der Waals surface area contributed by atoms with Crippen LogP contribution >= 0.6 is 11.6 Å². The van der Waals surface area contributed by atoms with Gasteiger partial charge in [0.25, 0.3) is 5.15 Å². The Labute approximate surface area is 219 Å². The molecule has 1 aromatic carbocycles. The molecule has 2 saturated heterocycles. The maximum absolute atomic E-state index is 14.5. The molecule has 2 unspecified atom stereocenters. The van der Waals surface area contributed by atoms with E-state index >= 15 is 0 Å². The monoisotopic (exact) mass is 511 g/mol. The van der Waals surface area contributed by atoms with Gasteiger partial charge in [-0.2, -0.15) is 4.98 Å². The number of carbonyl (C=O) groups excluding carboxylic acids is 1. The number of nitrogens with two attached hydrogens (primary N) is 1. The highest BCUT2D eigenvalue weighted by atomic mass is 35.5. The fraction of sp³-hybridized carbons (Fsp3) is 0.600. The van der Waals surface area contributed by atoms with Crippen LogP contribution in [0.2, 0.25) is 5.15 Å². The lowest BCUT2D eigenvalue weighted by Crippen LogP contribution is -2.82. The fourth-order valence-electron chi connectivity index (χ4n) is 8.09. The Kier molecular flexibility index (Phi) is 6.81. The van der Waals surface area contributed by atoms with Crippen LogP contribution in [0, 0.1) is 11.8 Å². The van der Waals surface area contributed by atoms with Gasteiger partial charge in [0.15, 0.2) is 5.69 Å². The molecule has 6 heteroatoms. The van der Waals surface area contributed by atoms with Crippen molar-refractivity contribution in [3.05, 3.63) is 64.4 Å². The van der Waals surface area contributed by atoms with Gasteiger partial charge in [0, 0.05) is 30.6 Å². The lowest BCUT2D eigenvalue weighted by molar-refractivity contribution is -0.640. The second-order valence-corrected chi connectivity index (χ2v) is 12.1. The number of aryl methyl sites for hydroxylation is 1. The molecule has 1 spiro atoms. The maximum atomic E-state index is 14.5. The molecular weight excluding hydrogens is 473 g/mol. The Morgan fingerprint density at radius 2 is 1.89 bits per heavy atom. The van der Waals surface area contributed by atoms with Gasteiger partial charge >= 0.3 is 0 Å². The van der Waals surface area contributed by atoms with Crippen molar-refractivity contribution in [2.45, 2.75) is 81.3 Å². The van der Waals surface area contributed by atoms with Crippen molar-refractivity contribution in [3.8, 4) is 0 Å². The van der Waals surface area contributed by atoms with E-state index in [4.69, 9.17) is 11.6 Å². The van der Waals surface area contributed by atoms with Gasteiger partial charge in [-0.3, -0.25) is 4.79 Å². The lowest BCUT2D eigenvalue weighted by atomic mass is 9.64. The zero-order valence-corrected chi connectivity index (χ0v) is 21.9. The molecular formula is C30H39ClFN3O+2. The number of pyridine rings is 1. The van der Waals surface area contributed by atoms with E-state index in [-0.39, 0.29) is 17.4 Å². The third kappa shape index (κ3) is 4.36. The van der Waals surface area contributed by atoms with Gasteiger partial charge in [-0.1, -0.05) is 30.3 Å². The van der Waals surface area contributed by atoms with Crippen LogP contribution in [-0.2, 0) is 16.6 Å². The van der Waals surface area contributed by atoms with Gasteiger partial charge in [-0.25, -0.2) is 4.39 Å². The van der Waals surface area contributed by atoms with E-state index in [1.165, 1.54) is 16.8 Å². The minimum absolute atomic E-state index is 0.0144. The van der Waals surface area contributed by atoms with Crippen molar-refractivity contribution in [3.63, 3.8) is 0 Å². The first-order chi connectivity index (χ1) is 17.5. The Bertz CT molecular complexity index is 1090. The number of likely N-dealkylation sites (tertiary alicyclic amines) is 1. The summed E-state index contributed by atoms with van der Waals surface area (Å²) in [6.07, 6.45) is 7.56. The van der Waals surface area contributed by atoms with Gasteiger partial charge < -0.3 is 10.2 Å². The molecule has 4 aliphatic rings. The van der Waals surface area contributed by atoms with Crippen LogP contribution in [0.15, 0.2) is 42.5 Å². The predicted octanol–water partition coefficient (Wildman–Crippen LogP) is 4.22. The van der Waals surface area contributed by atoms with E-state index in [1.54, 1.807) is 0 Å². The van der Waals surface area contributed by atoms with Crippen LogP contribution in [-0.4, -0.2) is 42.7 Å². The summed E-state index contributed by atoms with van der Waals surface area (Å²) in [6, 6.07) is 15.1. The van der Waals surface area contributed by atoms with Crippen LogP contribution in [0.4, 0.5) is 4.39 Å². The summed E-state index contributed by atoms with van der Waals surface area (Å²) >= 11 is 6.31. The number of aromatic amines is 1. The van der Waals surface area contributed by atoms with Crippen LogP contribution in [0.3, 0.4) is 0 Å². The number of nitrogens with zero attached hydrogens (tertiary/aromatic N) is 1.